The molecular formula is C11H22BF4NO. The Balaban J connectivity index is 0.000000494. The molecule has 1 atom stereocenters. The standard InChI is InChI=1S/C11H22NO.BF4/c1-5-6-7-12-10(4)13-8-11(12)9(2)3;2-1(3,4)5/h9,11H,5-8H2,1-4H3;/q+1;-1. The van der Waals surface area contributed by atoms with Gasteiger partial charge < -0.3 is 22.0 Å². The Hall–Kier alpha value is -0.745. The van der Waals surface area contributed by atoms with Crippen molar-refractivity contribution in [3.63, 3.8) is 0 Å². The molecule has 0 spiro atoms. The van der Waals surface area contributed by atoms with Crippen molar-refractivity contribution in [2.45, 2.75) is 46.6 Å². The molecule has 108 valence electrons. The Morgan fingerprint density at radius 3 is 2.22 bits per heavy atom. The highest BCUT2D eigenvalue weighted by molar-refractivity contribution is 6.50. The second kappa shape index (κ2) is 7.64. The summed E-state index contributed by atoms with van der Waals surface area (Å²) in [4.78, 5) is 0. The summed E-state index contributed by atoms with van der Waals surface area (Å²) in [5.74, 6) is 1.81. The van der Waals surface area contributed by atoms with Crippen molar-refractivity contribution in [2.75, 3.05) is 13.2 Å². The van der Waals surface area contributed by atoms with Crippen molar-refractivity contribution in [1.29, 1.82) is 0 Å². The lowest BCUT2D eigenvalue weighted by Gasteiger charge is -2.11. The van der Waals surface area contributed by atoms with E-state index in [1.807, 2.05) is 0 Å². The molecule has 1 aliphatic heterocycles. The molecule has 0 N–H and O–H groups in total. The summed E-state index contributed by atoms with van der Waals surface area (Å²) >= 11 is 0. The van der Waals surface area contributed by atoms with Crippen LogP contribution in [0.5, 0.6) is 0 Å². The highest BCUT2D eigenvalue weighted by Gasteiger charge is 2.33. The average molecular weight is 271 g/mol. The Kier molecular flexibility index (Phi) is 7.32. The second-order valence-corrected chi connectivity index (χ2v) is 4.68. The van der Waals surface area contributed by atoms with Crippen molar-refractivity contribution in [1.82, 2.24) is 0 Å². The van der Waals surface area contributed by atoms with Crippen LogP contribution in [0.4, 0.5) is 17.3 Å². The fraction of sp³-hybridized carbons (Fsp3) is 0.909. The maximum Gasteiger partial charge on any atom is 0.673 e. The van der Waals surface area contributed by atoms with Gasteiger partial charge in [-0.15, -0.1) is 0 Å². The van der Waals surface area contributed by atoms with Gasteiger partial charge in [0, 0.05) is 12.3 Å². The largest absolute Gasteiger partial charge is 0.673 e. The first-order valence-corrected chi connectivity index (χ1v) is 6.27. The summed E-state index contributed by atoms with van der Waals surface area (Å²) in [5, 5.41) is 0. The molecule has 0 aromatic heterocycles. The number of unbranched alkanes of at least 4 members (excludes halogenated alkanes) is 1. The summed E-state index contributed by atoms with van der Waals surface area (Å²) in [6.07, 6.45) is 2.53. The van der Waals surface area contributed by atoms with Crippen LogP contribution >= 0.6 is 0 Å². The molecule has 0 bridgehead atoms. The third-order valence-electron chi connectivity index (χ3n) is 2.79. The third-order valence-corrected chi connectivity index (χ3v) is 2.79. The SMILES string of the molecule is CCCC[N+]1=C(C)OCC1C(C)C.F[B-](F)(F)F. The van der Waals surface area contributed by atoms with Crippen molar-refractivity contribution in [3.8, 4) is 0 Å². The third kappa shape index (κ3) is 7.56. The van der Waals surface area contributed by atoms with Crippen LogP contribution < -0.4 is 0 Å². The lowest BCUT2D eigenvalue weighted by Crippen LogP contribution is -2.31. The number of ether oxygens (including phenoxy) is 1. The van der Waals surface area contributed by atoms with Crippen LogP contribution in [0.15, 0.2) is 0 Å². The van der Waals surface area contributed by atoms with Gasteiger partial charge in [-0.3, -0.25) is 0 Å². The monoisotopic (exact) mass is 271 g/mol. The zero-order valence-electron chi connectivity index (χ0n) is 11.4. The Morgan fingerprint density at radius 2 is 1.83 bits per heavy atom. The topological polar surface area (TPSA) is 12.2 Å². The van der Waals surface area contributed by atoms with E-state index in [0.717, 1.165) is 19.0 Å². The number of hydrogen-bond donors (Lipinski definition) is 0. The Bertz CT molecular complexity index is 273. The lowest BCUT2D eigenvalue weighted by atomic mass is 10.1. The molecule has 0 fully saturated rings. The molecule has 18 heavy (non-hydrogen) atoms. The molecule has 1 heterocycles. The first-order chi connectivity index (χ1) is 8.16. The van der Waals surface area contributed by atoms with Crippen molar-refractivity contribution >= 4 is 13.2 Å². The molecule has 7 heteroatoms. The minimum absolute atomic E-state index is 0.603. The maximum atomic E-state index is 9.75. The normalized spacial score (nSPS) is 19.7. The lowest BCUT2D eigenvalue weighted by molar-refractivity contribution is -0.563. The molecule has 1 aliphatic rings. The molecule has 0 saturated carbocycles. The quantitative estimate of drug-likeness (QED) is 0.432. The summed E-state index contributed by atoms with van der Waals surface area (Å²) in [7, 11) is -6.00. The Labute approximate surface area is 106 Å². The molecule has 0 aliphatic carbocycles. The van der Waals surface area contributed by atoms with Crippen LogP contribution in [-0.4, -0.2) is 36.9 Å². The van der Waals surface area contributed by atoms with E-state index in [2.05, 4.69) is 32.3 Å². The minimum Gasteiger partial charge on any atom is -0.441 e. The van der Waals surface area contributed by atoms with Crippen LogP contribution in [0.2, 0.25) is 0 Å². The predicted molar refractivity (Wildman–Crippen MR) is 65.5 cm³/mol. The van der Waals surface area contributed by atoms with E-state index >= 15 is 0 Å². The zero-order chi connectivity index (χ0) is 14.3. The van der Waals surface area contributed by atoms with E-state index in [1.165, 1.54) is 12.8 Å². The number of hydrogen-bond acceptors (Lipinski definition) is 1. The van der Waals surface area contributed by atoms with Gasteiger partial charge >= 0.3 is 13.2 Å². The van der Waals surface area contributed by atoms with Gasteiger partial charge in [0.15, 0.2) is 12.6 Å². The summed E-state index contributed by atoms with van der Waals surface area (Å²) in [6, 6.07) is 0.603. The van der Waals surface area contributed by atoms with Gasteiger partial charge in [0.25, 0.3) is 0 Å². The van der Waals surface area contributed by atoms with Crippen molar-refractivity contribution in [3.05, 3.63) is 0 Å². The molecular weight excluding hydrogens is 249 g/mol. The molecule has 1 unspecified atom stereocenters. The fourth-order valence-corrected chi connectivity index (χ4v) is 1.82. The van der Waals surface area contributed by atoms with E-state index < -0.39 is 7.25 Å². The summed E-state index contributed by atoms with van der Waals surface area (Å²) in [6.45, 7) is 10.9. The first kappa shape index (κ1) is 17.3. The zero-order valence-corrected chi connectivity index (χ0v) is 11.4. The van der Waals surface area contributed by atoms with E-state index in [1.54, 1.807) is 0 Å². The number of nitrogens with zero attached hydrogens (tertiary/aromatic N) is 1. The van der Waals surface area contributed by atoms with Gasteiger partial charge in [0.2, 0.25) is 0 Å². The van der Waals surface area contributed by atoms with E-state index in [9.17, 15) is 17.3 Å². The highest BCUT2D eigenvalue weighted by Crippen LogP contribution is 2.14. The predicted octanol–water partition coefficient (Wildman–Crippen LogP) is 3.57. The van der Waals surface area contributed by atoms with Gasteiger partial charge in [-0.05, 0) is 0 Å². The molecule has 0 saturated heterocycles. The molecule has 0 radical (unpaired) electrons. The molecule has 0 aromatic rings. The number of rotatable bonds is 4. The van der Waals surface area contributed by atoms with Crippen LogP contribution in [-0.2, 0) is 4.74 Å². The summed E-state index contributed by atoms with van der Waals surface area (Å²) in [5.41, 5.74) is 0. The van der Waals surface area contributed by atoms with Gasteiger partial charge in [-0.2, -0.15) is 4.58 Å². The maximum absolute atomic E-state index is 9.75. The smallest absolute Gasteiger partial charge is 0.441 e. The van der Waals surface area contributed by atoms with Gasteiger partial charge in [-0.1, -0.05) is 27.2 Å². The number of halogens is 4. The molecule has 0 aromatic carbocycles. The van der Waals surface area contributed by atoms with Gasteiger partial charge in [0.05, 0.1) is 6.92 Å². The highest BCUT2D eigenvalue weighted by atomic mass is 19.5. The van der Waals surface area contributed by atoms with Crippen LogP contribution in [0.25, 0.3) is 0 Å². The second-order valence-electron chi connectivity index (χ2n) is 4.68. The Morgan fingerprint density at radius 1 is 1.33 bits per heavy atom. The van der Waals surface area contributed by atoms with E-state index in [0.29, 0.717) is 12.0 Å². The van der Waals surface area contributed by atoms with E-state index in [-0.39, 0.29) is 0 Å². The molecule has 2 nitrogen and oxygen atoms in total. The fourth-order valence-electron chi connectivity index (χ4n) is 1.82. The summed E-state index contributed by atoms with van der Waals surface area (Å²) < 4.78 is 47.0. The van der Waals surface area contributed by atoms with Crippen molar-refractivity contribution < 1.29 is 26.6 Å². The van der Waals surface area contributed by atoms with Crippen LogP contribution in [0.3, 0.4) is 0 Å². The van der Waals surface area contributed by atoms with Crippen LogP contribution in [0.1, 0.15) is 40.5 Å². The first-order valence-electron chi connectivity index (χ1n) is 6.27. The van der Waals surface area contributed by atoms with Crippen LogP contribution in [0, 0.1) is 5.92 Å². The van der Waals surface area contributed by atoms with Gasteiger partial charge in [0.1, 0.15) is 6.54 Å². The van der Waals surface area contributed by atoms with E-state index in [4.69, 9.17) is 4.74 Å². The molecule has 0 amide bonds. The average Bonchev–Trinajstić information content (AvgIpc) is 2.54. The van der Waals surface area contributed by atoms with Crippen molar-refractivity contribution in [2.24, 2.45) is 5.92 Å². The molecule has 1 rings (SSSR count). The minimum atomic E-state index is -6.00. The van der Waals surface area contributed by atoms with Gasteiger partial charge in [-0.25, -0.2) is 0 Å².